The highest BCUT2D eigenvalue weighted by molar-refractivity contribution is 6.21. The summed E-state index contributed by atoms with van der Waals surface area (Å²) in [5, 5.41) is 23.5. The molecule has 2 aromatic heterocycles. The lowest BCUT2D eigenvalue weighted by atomic mass is 10.0. The van der Waals surface area contributed by atoms with Crippen LogP contribution >= 0.6 is 0 Å². The number of hydrogen-bond donors (Lipinski definition) is 1. The number of H-pyrrole nitrogens is 1. The Morgan fingerprint density at radius 2 is 1.75 bits per heavy atom. The van der Waals surface area contributed by atoms with Crippen LogP contribution in [0.25, 0.3) is 32.6 Å². The summed E-state index contributed by atoms with van der Waals surface area (Å²) in [7, 11) is 0. The molecule has 0 amide bonds. The van der Waals surface area contributed by atoms with Crippen LogP contribution in [-0.2, 0) is 0 Å². The number of nitrogens with one attached hydrogen (secondary N) is 1. The maximum absolute atomic E-state index is 10.8. The quantitative estimate of drug-likeness (QED) is 0.178. The number of nitrogens with zero attached hydrogens (tertiary/aromatic N) is 4. The lowest BCUT2D eigenvalue weighted by molar-refractivity contribution is -0.384. The Bertz CT molecular complexity index is 1390. The number of pyridine rings is 1. The molecule has 2 heterocycles. The second-order valence-corrected chi connectivity index (χ2v) is 6.38. The fraction of sp³-hybridized carbons (Fsp3) is 0. The molecule has 0 bridgehead atoms. The third-order valence-corrected chi connectivity index (χ3v) is 4.71. The van der Waals surface area contributed by atoms with Crippen molar-refractivity contribution in [1.29, 1.82) is 0 Å². The summed E-state index contributed by atoms with van der Waals surface area (Å²) in [5.41, 5.74) is 3.09. The summed E-state index contributed by atoms with van der Waals surface area (Å²) in [5.74, 6) is 0. The Morgan fingerprint density at radius 1 is 0.929 bits per heavy atom. The molecule has 0 unspecified atom stereocenters. The van der Waals surface area contributed by atoms with E-state index in [0.29, 0.717) is 11.4 Å². The van der Waals surface area contributed by atoms with E-state index in [2.05, 4.69) is 26.3 Å². The third-order valence-electron chi connectivity index (χ3n) is 4.71. The first-order valence-electron chi connectivity index (χ1n) is 8.64. The van der Waals surface area contributed by atoms with Crippen LogP contribution in [0.3, 0.4) is 0 Å². The molecule has 0 aliphatic heterocycles. The largest absolute Gasteiger partial charge is 0.359 e. The highest BCUT2D eigenvalue weighted by Gasteiger charge is 2.11. The molecule has 3 aromatic carbocycles. The van der Waals surface area contributed by atoms with Crippen molar-refractivity contribution in [3.8, 4) is 0 Å². The van der Waals surface area contributed by atoms with E-state index in [1.54, 1.807) is 18.3 Å². The minimum Gasteiger partial charge on any atom is -0.359 e. The molecule has 134 valence electrons. The van der Waals surface area contributed by atoms with Crippen LogP contribution in [0.2, 0.25) is 0 Å². The van der Waals surface area contributed by atoms with E-state index in [1.807, 2.05) is 36.5 Å². The zero-order chi connectivity index (χ0) is 19.1. The summed E-state index contributed by atoms with van der Waals surface area (Å²) in [4.78, 5) is 18.1. The number of hydrogen-bond acceptors (Lipinski definition) is 5. The molecular formula is C21H13N5O2. The highest BCUT2D eigenvalue weighted by atomic mass is 16.6. The standard InChI is InChI=1S/C21H13N5O2/c27-26(28)15-7-5-14(6-8-15)24-25-19-12-23-18-10-9-17-20(21(18)19)16-4-2-1-3-13(16)11-22-17/h1-12,23H. The third kappa shape index (κ3) is 2.57. The molecule has 0 fully saturated rings. The number of benzene rings is 3. The van der Waals surface area contributed by atoms with Gasteiger partial charge in [-0.05, 0) is 29.7 Å². The summed E-state index contributed by atoms with van der Waals surface area (Å²) in [6.45, 7) is 0. The molecule has 7 heteroatoms. The molecular weight excluding hydrogens is 354 g/mol. The number of non-ortho nitro benzene ring substituents is 1. The molecule has 0 spiro atoms. The normalized spacial score (nSPS) is 11.7. The van der Waals surface area contributed by atoms with Gasteiger partial charge in [0.2, 0.25) is 0 Å². The van der Waals surface area contributed by atoms with Gasteiger partial charge in [-0.1, -0.05) is 24.3 Å². The molecule has 0 atom stereocenters. The van der Waals surface area contributed by atoms with Gasteiger partial charge >= 0.3 is 0 Å². The fourth-order valence-electron chi connectivity index (χ4n) is 3.38. The molecule has 0 aliphatic rings. The van der Waals surface area contributed by atoms with Gasteiger partial charge in [0.15, 0.2) is 0 Å². The van der Waals surface area contributed by atoms with Crippen LogP contribution in [0.1, 0.15) is 0 Å². The summed E-state index contributed by atoms with van der Waals surface area (Å²) < 4.78 is 0. The van der Waals surface area contributed by atoms with Crippen LogP contribution in [-0.4, -0.2) is 14.9 Å². The first kappa shape index (κ1) is 16.1. The minimum atomic E-state index is -0.440. The number of nitro groups is 1. The molecule has 1 N–H and O–H groups in total. The average Bonchev–Trinajstić information content (AvgIpc) is 3.15. The van der Waals surface area contributed by atoms with Gasteiger partial charge in [0.05, 0.1) is 16.1 Å². The molecule has 5 aromatic rings. The van der Waals surface area contributed by atoms with Gasteiger partial charge in [-0.15, -0.1) is 5.11 Å². The van der Waals surface area contributed by atoms with Crippen LogP contribution in [0.15, 0.2) is 83.3 Å². The topological polar surface area (TPSA) is 96.5 Å². The number of fused-ring (bicyclic) bond motifs is 5. The fourth-order valence-corrected chi connectivity index (χ4v) is 3.38. The molecule has 0 radical (unpaired) electrons. The Kier molecular flexibility index (Phi) is 3.58. The number of nitro benzene ring substituents is 1. The van der Waals surface area contributed by atoms with Gasteiger partial charge in [-0.3, -0.25) is 15.1 Å². The predicted molar refractivity (Wildman–Crippen MR) is 108 cm³/mol. The van der Waals surface area contributed by atoms with Gasteiger partial charge in [0.25, 0.3) is 5.69 Å². The minimum absolute atomic E-state index is 0.0228. The van der Waals surface area contributed by atoms with Gasteiger partial charge < -0.3 is 4.98 Å². The van der Waals surface area contributed by atoms with E-state index in [-0.39, 0.29) is 5.69 Å². The van der Waals surface area contributed by atoms with Crippen molar-refractivity contribution in [1.82, 2.24) is 9.97 Å². The average molecular weight is 367 g/mol. The number of aromatic nitrogens is 2. The van der Waals surface area contributed by atoms with Crippen molar-refractivity contribution in [3.05, 3.63) is 83.2 Å². The molecule has 5 rings (SSSR count). The van der Waals surface area contributed by atoms with Crippen LogP contribution < -0.4 is 0 Å². The van der Waals surface area contributed by atoms with Crippen molar-refractivity contribution < 1.29 is 4.92 Å². The Labute approximate surface area is 158 Å². The number of rotatable bonds is 3. The maximum Gasteiger partial charge on any atom is 0.269 e. The van der Waals surface area contributed by atoms with E-state index in [9.17, 15) is 10.1 Å². The first-order valence-corrected chi connectivity index (χ1v) is 8.64. The molecule has 0 aliphatic carbocycles. The van der Waals surface area contributed by atoms with Gasteiger partial charge in [-0.2, -0.15) is 5.11 Å². The molecule has 0 saturated heterocycles. The second kappa shape index (κ2) is 6.24. The van der Waals surface area contributed by atoms with Crippen molar-refractivity contribution >= 4 is 49.6 Å². The zero-order valence-electron chi connectivity index (χ0n) is 14.5. The van der Waals surface area contributed by atoms with Crippen molar-refractivity contribution in [3.63, 3.8) is 0 Å². The Morgan fingerprint density at radius 3 is 2.57 bits per heavy atom. The summed E-state index contributed by atoms with van der Waals surface area (Å²) in [6, 6.07) is 18.0. The summed E-state index contributed by atoms with van der Waals surface area (Å²) in [6.07, 6.45) is 3.68. The smallest absolute Gasteiger partial charge is 0.269 e. The van der Waals surface area contributed by atoms with Gasteiger partial charge in [0.1, 0.15) is 5.69 Å². The van der Waals surface area contributed by atoms with E-state index >= 15 is 0 Å². The van der Waals surface area contributed by atoms with Crippen molar-refractivity contribution in [2.45, 2.75) is 0 Å². The SMILES string of the molecule is O=[N+]([O-])c1ccc(N=Nc2c[nH]c3ccc4ncc5ccccc5c4c23)cc1. The Balaban J connectivity index is 1.68. The zero-order valence-corrected chi connectivity index (χ0v) is 14.5. The molecule has 28 heavy (non-hydrogen) atoms. The molecule has 7 nitrogen and oxygen atoms in total. The van der Waals surface area contributed by atoms with E-state index < -0.39 is 4.92 Å². The lowest BCUT2D eigenvalue weighted by Gasteiger charge is -2.05. The molecule has 0 saturated carbocycles. The van der Waals surface area contributed by atoms with E-state index in [0.717, 1.165) is 32.6 Å². The monoisotopic (exact) mass is 367 g/mol. The number of azo groups is 1. The van der Waals surface area contributed by atoms with Crippen LogP contribution in [0.5, 0.6) is 0 Å². The van der Waals surface area contributed by atoms with Gasteiger partial charge in [-0.25, -0.2) is 0 Å². The lowest BCUT2D eigenvalue weighted by Crippen LogP contribution is -1.85. The Hall–Kier alpha value is -4.13. The first-order chi connectivity index (χ1) is 13.7. The predicted octanol–water partition coefficient (Wildman–Crippen LogP) is 6.19. The van der Waals surface area contributed by atoms with E-state index in [4.69, 9.17) is 0 Å². The summed E-state index contributed by atoms with van der Waals surface area (Å²) >= 11 is 0. The number of aromatic amines is 1. The van der Waals surface area contributed by atoms with Crippen LogP contribution in [0.4, 0.5) is 17.1 Å². The van der Waals surface area contributed by atoms with Crippen molar-refractivity contribution in [2.24, 2.45) is 10.2 Å². The van der Waals surface area contributed by atoms with E-state index in [1.165, 1.54) is 12.1 Å². The van der Waals surface area contributed by atoms with Gasteiger partial charge in [0, 0.05) is 46.2 Å². The highest BCUT2D eigenvalue weighted by Crippen LogP contribution is 2.37. The maximum atomic E-state index is 10.8. The van der Waals surface area contributed by atoms with Crippen LogP contribution in [0, 0.1) is 10.1 Å². The van der Waals surface area contributed by atoms with Crippen molar-refractivity contribution in [2.75, 3.05) is 0 Å². The second-order valence-electron chi connectivity index (χ2n) is 6.38.